The van der Waals surface area contributed by atoms with Gasteiger partial charge in [0.15, 0.2) is 5.78 Å². The molecule has 0 saturated carbocycles. The van der Waals surface area contributed by atoms with Gasteiger partial charge in [-0.05, 0) is 0 Å². The molecule has 1 amide bonds. The lowest BCUT2D eigenvalue weighted by Gasteiger charge is -2.11. The topological polar surface area (TPSA) is 46.2 Å². The molecule has 0 atom stereocenters. The second kappa shape index (κ2) is 2.13. The molecule has 1 fully saturated rings. The molecule has 1 aliphatic rings. The molecule has 0 aliphatic carbocycles. The third-order valence-electron chi connectivity index (χ3n) is 1.08. The summed E-state index contributed by atoms with van der Waals surface area (Å²) in [6.45, 7) is 0.255. The summed E-state index contributed by atoms with van der Waals surface area (Å²) < 4.78 is 12.1. The fraction of sp³-hybridized carbons (Fsp3) is 0.400. The van der Waals surface area contributed by atoms with Gasteiger partial charge in [0.1, 0.15) is 0 Å². The highest BCUT2D eigenvalue weighted by Gasteiger charge is 2.31. The molecule has 0 unspecified atom stereocenters. The number of halogens is 1. The summed E-state index contributed by atoms with van der Waals surface area (Å²) in [6.07, 6.45) is -1.08. The number of hydrogen-bond donors (Lipinski definition) is 1. The highest BCUT2D eigenvalue weighted by Crippen LogP contribution is 2.09. The average Bonchev–Trinajstić information content (AvgIpc) is 1.83. The predicted octanol–water partition coefficient (Wildman–Crippen LogP) is -0.423. The summed E-state index contributed by atoms with van der Waals surface area (Å²) in [4.78, 5) is 20.6. The van der Waals surface area contributed by atoms with Crippen molar-refractivity contribution in [1.29, 1.82) is 0 Å². The van der Waals surface area contributed by atoms with Crippen LogP contribution in [0.4, 0.5) is 4.39 Å². The molecule has 1 radical (unpaired) electrons. The summed E-state index contributed by atoms with van der Waals surface area (Å²) in [5, 5.41) is 2.19. The van der Waals surface area contributed by atoms with E-state index in [4.69, 9.17) is 0 Å². The van der Waals surface area contributed by atoms with Gasteiger partial charge in [0.25, 0.3) is 12.1 Å². The van der Waals surface area contributed by atoms with Gasteiger partial charge in [-0.15, -0.1) is 0 Å². The van der Waals surface area contributed by atoms with Gasteiger partial charge in [-0.2, -0.15) is 0 Å². The summed E-state index contributed by atoms with van der Waals surface area (Å²) in [5.74, 6) is -1.58. The predicted molar refractivity (Wildman–Crippen MR) is 27.0 cm³/mol. The quantitative estimate of drug-likeness (QED) is 0.484. The Morgan fingerprint density at radius 2 is 2.11 bits per heavy atom. The lowest BCUT2D eigenvalue weighted by atomic mass is 10.1. The first-order valence-electron chi connectivity index (χ1n) is 2.55. The fourth-order valence-electron chi connectivity index (χ4n) is 0.604. The van der Waals surface area contributed by atoms with E-state index in [0.29, 0.717) is 0 Å². The van der Waals surface area contributed by atoms with Gasteiger partial charge >= 0.3 is 0 Å². The molecular weight excluding hydrogens is 125 g/mol. The number of piperidine rings is 1. The van der Waals surface area contributed by atoms with E-state index in [9.17, 15) is 14.0 Å². The lowest BCUT2D eigenvalue weighted by Crippen LogP contribution is -2.38. The monoisotopic (exact) mass is 130 g/mol. The maximum absolute atomic E-state index is 12.1. The summed E-state index contributed by atoms with van der Waals surface area (Å²) in [6, 6.07) is 0. The minimum Gasteiger partial charge on any atom is -0.352 e. The van der Waals surface area contributed by atoms with Gasteiger partial charge < -0.3 is 5.32 Å². The molecule has 3 nitrogen and oxygen atoms in total. The molecule has 0 aromatic heterocycles. The van der Waals surface area contributed by atoms with Crippen molar-refractivity contribution < 1.29 is 14.0 Å². The van der Waals surface area contributed by atoms with Crippen molar-refractivity contribution in [1.82, 2.24) is 5.32 Å². The number of rotatable bonds is 0. The Morgan fingerprint density at radius 3 is 2.56 bits per heavy atom. The smallest absolute Gasteiger partial charge is 0.295 e. The normalized spacial score (nSPS) is 21.9. The Bertz CT molecular complexity index is 141. The number of Topliss-reactive ketones (excluding diaryl/α,β-unsaturated/α-hetero) is 1. The van der Waals surface area contributed by atoms with Gasteiger partial charge in [0.05, 0.1) is 0 Å². The number of amides is 1. The molecule has 0 aromatic carbocycles. The Labute approximate surface area is 51.2 Å². The SMILES string of the molecule is O=C1CCNC(=O)[C]1F. The van der Waals surface area contributed by atoms with Crippen LogP contribution in [0.3, 0.4) is 0 Å². The van der Waals surface area contributed by atoms with E-state index in [-0.39, 0.29) is 13.0 Å². The van der Waals surface area contributed by atoms with Crippen LogP contribution in [0.2, 0.25) is 0 Å². The van der Waals surface area contributed by atoms with E-state index in [1.165, 1.54) is 0 Å². The third kappa shape index (κ3) is 1.06. The molecule has 4 heteroatoms. The van der Waals surface area contributed by atoms with Crippen molar-refractivity contribution in [3.63, 3.8) is 0 Å². The van der Waals surface area contributed by atoms with Crippen molar-refractivity contribution in [3.8, 4) is 0 Å². The Hall–Kier alpha value is -0.930. The first-order valence-corrected chi connectivity index (χ1v) is 2.55. The van der Waals surface area contributed by atoms with Crippen LogP contribution in [-0.2, 0) is 9.59 Å². The van der Waals surface area contributed by atoms with Gasteiger partial charge in [0.2, 0.25) is 0 Å². The molecule has 1 N–H and O–H groups in total. The van der Waals surface area contributed by atoms with Gasteiger partial charge in [-0.3, -0.25) is 9.59 Å². The van der Waals surface area contributed by atoms with Crippen molar-refractivity contribution in [2.24, 2.45) is 0 Å². The van der Waals surface area contributed by atoms with Crippen molar-refractivity contribution in [2.75, 3.05) is 6.54 Å². The van der Waals surface area contributed by atoms with E-state index < -0.39 is 17.9 Å². The molecule has 1 rings (SSSR count). The van der Waals surface area contributed by atoms with Gasteiger partial charge in [-0.25, -0.2) is 4.39 Å². The summed E-state index contributed by atoms with van der Waals surface area (Å²) in [7, 11) is 0. The zero-order valence-electron chi connectivity index (χ0n) is 4.61. The molecule has 1 aliphatic heterocycles. The van der Waals surface area contributed by atoms with E-state index in [2.05, 4.69) is 5.32 Å². The maximum atomic E-state index is 12.1. The van der Waals surface area contributed by atoms with E-state index >= 15 is 0 Å². The number of nitrogens with one attached hydrogen (secondary N) is 1. The molecule has 0 aromatic rings. The van der Waals surface area contributed by atoms with Gasteiger partial charge in [0, 0.05) is 13.0 Å². The van der Waals surface area contributed by atoms with Crippen LogP contribution in [0.1, 0.15) is 6.42 Å². The van der Waals surface area contributed by atoms with Crippen LogP contribution < -0.4 is 5.32 Å². The second-order valence-electron chi connectivity index (χ2n) is 1.74. The van der Waals surface area contributed by atoms with Crippen molar-refractivity contribution in [3.05, 3.63) is 6.17 Å². The molecule has 0 bridgehead atoms. The highest BCUT2D eigenvalue weighted by molar-refractivity contribution is 6.14. The Kier molecular flexibility index (Phi) is 1.46. The van der Waals surface area contributed by atoms with E-state index in [0.717, 1.165) is 0 Å². The largest absolute Gasteiger partial charge is 0.352 e. The number of carbonyl (C=O) groups excluding carboxylic acids is 2. The summed E-state index contributed by atoms with van der Waals surface area (Å²) >= 11 is 0. The fourth-order valence-corrected chi connectivity index (χ4v) is 0.604. The second-order valence-corrected chi connectivity index (χ2v) is 1.74. The maximum Gasteiger partial charge on any atom is 0.295 e. The molecule has 9 heavy (non-hydrogen) atoms. The first-order chi connectivity index (χ1) is 4.22. The van der Waals surface area contributed by atoms with Crippen LogP contribution >= 0.6 is 0 Å². The standard InChI is InChI=1S/C5H5FNO2/c6-4-3(8)1-2-7-5(4)9/h1-2H2,(H,7,9). The minimum absolute atomic E-state index is 0.0809. The van der Waals surface area contributed by atoms with E-state index in [1.54, 1.807) is 0 Å². The third-order valence-corrected chi connectivity index (χ3v) is 1.08. The highest BCUT2D eigenvalue weighted by atomic mass is 19.1. The Morgan fingerprint density at radius 1 is 1.44 bits per heavy atom. The summed E-state index contributed by atoms with van der Waals surface area (Å²) in [5.41, 5.74) is 0. The minimum atomic E-state index is -1.17. The van der Waals surface area contributed by atoms with Crippen LogP contribution in [0.25, 0.3) is 0 Å². The number of ketones is 1. The van der Waals surface area contributed by atoms with Crippen molar-refractivity contribution >= 4 is 11.7 Å². The van der Waals surface area contributed by atoms with Crippen LogP contribution in [0, 0.1) is 6.17 Å². The first kappa shape index (κ1) is 6.19. The Balaban J connectivity index is 2.62. The molecule has 0 spiro atoms. The average molecular weight is 130 g/mol. The van der Waals surface area contributed by atoms with Crippen LogP contribution in [0.15, 0.2) is 0 Å². The molecule has 1 heterocycles. The lowest BCUT2D eigenvalue weighted by molar-refractivity contribution is -0.131. The number of hydrogen-bond acceptors (Lipinski definition) is 2. The zero-order valence-corrected chi connectivity index (χ0v) is 4.61. The van der Waals surface area contributed by atoms with Crippen LogP contribution in [0.5, 0.6) is 0 Å². The van der Waals surface area contributed by atoms with Gasteiger partial charge in [-0.1, -0.05) is 0 Å². The molecule has 1 saturated heterocycles. The molecule has 49 valence electrons. The van der Waals surface area contributed by atoms with Crippen molar-refractivity contribution in [2.45, 2.75) is 6.42 Å². The van der Waals surface area contributed by atoms with Crippen LogP contribution in [-0.4, -0.2) is 18.2 Å². The molecular formula is C5H5FNO2. The number of carbonyl (C=O) groups is 2. The zero-order chi connectivity index (χ0) is 6.85. The van der Waals surface area contributed by atoms with E-state index in [1.807, 2.05) is 0 Å².